The lowest BCUT2D eigenvalue weighted by Gasteiger charge is -2.09. The molecule has 25 heavy (non-hydrogen) atoms. The highest BCUT2D eigenvalue weighted by Gasteiger charge is 2.23. The highest BCUT2D eigenvalue weighted by molar-refractivity contribution is 7.16. The van der Waals surface area contributed by atoms with Gasteiger partial charge in [0.1, 0.15) is 22.2 Å². The first-order chi connectivity index (χ1) is 12.2. The first-order valence-electron chi connectivity index (χ1n) is 8.06. The largest absolute Gasteiger partial charge is 0.422 e. The summed E-state index contributed by atoms with van der Waals surface area (Å²) in [6.45, 7) is 0. The molecule has 0 radical (unpaired) electrons. The Hall–Kier alpha value is -2.91. The van der Waals surface area contributed by atoms with E-state index in [4.69, 9.17) is 4.42 Å². The highest BCUT2D eigenvalue weighted by Crippen LogP contribution is 2.37. The van der Waals surface area contributed by atoms with Crippen molar-refractivity contribution in [1.82, 2.24) is 0 Å². The van der Waals surface area contributed by atoms with Gasteiger partial charge in [-0.15, -0.1) is 11.3 Å². The van der Waals surface area contributed by atoms with Crippen LogP contribution in [0.1, 0.15) is 39.2 Å². The third-order valence-electron chi connectivity index (χ3n) is 4.40. The number of nitriles is 1. The van der Waals surface area contributed by atoms with Crippen LogP contribution in [0.4, 0.5) is 5.00 Å². The fourth-order valence-corrected chi connectivity index (χ4v) is 4.40. The molecule has 2 aromatic heterocycles. The predicted octanol–water partition coefficient (Wildman–Crippen LogP) is 3.86. The quantitative estimate of drug-likeness (QED) is 0.712. The van der Waals surface area contributed by atoms with E-state index in [2.05, 4.69) is 11.4 Å². The molecule has 0 aliphatic heterocycles. The second-order valence-electron chi connectivity index (χ2n) is 5.97. The van der Waals surface area contributed by atoms with E-state index in [9.17, 15) is 14.9 Å². The van der Waals surface area contributed by atoms with Gasteiger partial charge < -0.3 is 9.73 Å². The van der Waals surface area contributed by atoms with Crippen molar-refractivity contribution in [3.63, 3.8) is 0 Å². The highest BCUT2D eigenvalue weighted by atomic mass is 32.1. The van der Waals surface area contributed by atoms with Crippen molar-refractivity contribution < 1.29 is 9.21 Å². The number of amides is 1. The molecule has 1 amide bonds. The summed E-state index contributed by atoms with van der Waals surface area (Å²) in [6.07, 6.45) is 3.95. The lowest BCUT2D eigenvalue weighted by molar-refractivity contribution is 0.102. The number of anilines is 1. The standard InChI is InChI=1S/C19H14N2O3S/c20-10-14-12-6-2-4-8-16(12)25-18(14)21-17(22)13-9-11-5-1-3-7-15(11)24-19(13)23/h1,3,5,7,9H,2,4,6,8H2,(H,21,22). The molecule has 4 rings (SSSR count). The Labute approximate surface area is 147 Å². The second kappa shape index (κ2) is 6.19. The molecule has 2 heterocycles. The average Bonchev–Trinajstić information content (AvgIpc) is 2.97. The van der Waals surface area contributed by atoms with Crippen molar-refractivity contribution in [2.24, 2.45) is 0 Å². The molecule has 1 aliphatic rings. The molecular formula is C19H14N2O3S. The maximum absolute atomic E-state index is 12.6. The first kappa shape index (κ1) is 15.6. The van der Waals surface area contributed by atoms with Crippen LogP contribution >= 0.6 is 11.3 Å². The molecule has 0 atom stereocenters. The van der Waals surface area contributed by atoms with E-state index in [0.717, 1.165) is 36.1 Å². The first-order valence-corrected chi connectivity index (χ1v) is 8.88. The Balaban J connectivity index is 1.71. The van der Waals surface area contributed by atoms with Gasteiger partial charge in [-0.25, -0.2) is 4.79 Å². The molecule has 0 fully saturated rings. The van der Waals surface area contributed by atoms with Gasteiger partial charge in [0, 0.05) is 10.3 Å². The number of hydrogen-bond donors (Lipinski definition) is 1. The van der Waals surface area contributed by atoms with E-state index in [1.807, 2.05) is 6.07 Å². The maximum Gasteiger partial charge on any atom is 0.349 e. The lowest BCUT2D eigenvalue weighted by Crippen LogP contribution is -2.20. The molecule has 1 aliphatic carbocycles. The number of benzene rings is 1. The molecule has 1 N–H and O–H groups in total. The topological polar surface area (TPSA) is 83.1 Å². The Kier molecular flexibility index (Phi) is 3.86. The maximum atomic E-state index is 12.6. The minimum absolute atomic E-state index is 0.0611. The third-order valence-corrected chi connectivity index (χ3v) is 5.60. The zero-order valence-corrected chi connectivity index (χ0v) is 14.1. The number of nitrogens with zero attached hydrogens (tertiary/aromatic N) is 1. The van der Waals surface area contributed by atoms with Crippen molar-refractivity contribution in [2.75, 3.05) is 5.32 Å². The van der Waals surface area contributed by atoms with Crippen molar-refractivity contribution in [3.05, 3.63) is 62.3 Å². The van der Waals surface area contributed by atoms with E-state index in [1.165, 1.54) is 17.4 Å². The van der Waals surface area contributed by atoms with Crippen LogP contribution in [-0.4, -0.2) is 5.91 Å². The number of fused-ring (bicyclic) bond motifs is 2. The minimum atomic E-state index is -0.684. The SMILES string of the molecule is N#Cc1c(NC(=O)c2cc3ccccc3oc2=O)sc2c1CCCC2. The van der Waals surface area contributed by atoms with Gasteiger partial charge in [0.15, 0.2) is 0 Å². The lowest BCUT2D eigenvalue weighted by atomic mass is 9.96. The molecule has 0 saturated carbocycles. The molecule has 0 bridgehead atoms. The Morgan fingerprint density at radius 3 is 2.88 bits per heavy atom. The van der Waals surface area contributed by atoms with Gasteiger partial charge >= 0.3 is 5.63 Å². The summed E-state index contributed by atoms with van der Waals surface area (Å²) in [5, 5.41) is 13.4. The van der Waals surface area contributed by atoms with Crippen LogP contribution in [0.5, 0.6) is 0 Å². The van der Waals surface area contributed by atoms with Crippen molar-refractivity contribution in [3.8, 4) is 6.07 Å². The number of aryl methyl sites for hydroxylation is 1. The number of nitrogens with one attached hydrogen (secondary N) is 1. The van der Waals surface area contributed by atoms with Crippen molar-refractivity contribution in [1.29, 1.82) is 5.26 Å². The molecule has 0 saturated heterocycles. The Morgan fingerprint density at radius 1 is 1.24 bits per heavy atom. The normalized spacial score (nSPS) is 13.2. The van der Waals surface area contributed by atoms with Gasteiger partial charge in [-0.05, 0) is 43.4 Å². The molecule has 1 aromatic carbocycles. The summed E-state index contributed by atoms with van der Waals surface area (Å²) in [4.78, 5) is 25.9. The van der Waals surface area contributed by atoms with Crippen LogP contribution in [0.25, 0.3) is 11.0 Å². The van der Waals surface area contributed by atoms with Crippen LogP contribution in [-0.2, 0) is 12.8 Å². The summed E-state index contributed by atoms with van der Waals surface area (Å²) < 4.78 is 5.21. The zero-order chi connectivity index (χ0) is 17.4. The predicted molar refractivity (Wildman–Crippen MR) is 96.1 cm³/mol. The summed E-state index contributed by atoms with van der Waals surface area (Å²) in [7, 11) is 0. The number of rotatable bonds is 2. The molecule has 3 aromatic rings. The molecular weight excluding hydrogens is 336 g/mol. The van der Waals surface area contributed by atoms with E-state index in [-0.39, 0.29) is 5.56 Å². The van der Waals surface area contributed by atoms with Gasteiger partial charge in [0.05, 0.1) is 5.56 Å². The minimum Gasteiger partial charge on any atom is -0.422 e. The number of thiophene rings is 1. The molecule has 124 valence electrons. The Morgan fingerprint density at radius 2 is 2.04 bits per heavy atom. The third kappa shape index (κ3) is 2.73. The monoisotopic (exact) mass is 350 g/mol. The van der Waals surface area contributed by atoms with Gasteiger partial charge in [-0.3, -0.25) is 4.79 Å². The number of hydrogen-bond acceptors (Lipinski definition) is 5. The smallest absolute Gasteiger partial charge is 0.349 e. The summed E-state index contributed by atoms with van der Waals surface area (Å²) in [5.41, 5.74) is 1.26. The fraction of sp³-hybridized carbons (Fsp3) is 0.211. The average molecular weight is 350 g/mol. The van der Waals surface area contributed by atoms with Crippen molar-refractivity contribution >= 4 is 33.2 Å². The van der Waals surface area contributed by atoms with E-state index in [0.29, 0.717) is 21.5 Å². The van der Waals surface area contributed by atoms with E-state index in [1.54, 1.807) is 18.2 Å². The number of para-hydroxylation sites is 1. The van der Waals surface area contributed by atoms with Crippen LogP contribution in [0.15, 0.2) is 39.5 Å². The Bertz CT molecular complexity index is 1090. The van der Waals surface area contributed by atoms with E-state index >= 15 is 0 Å². The van der Waals surface area contributed by atoms with Crippen LogP contribution in [0.2, 0.25) is 0 Å². The van der Waals surface area contributed by atoms with Crippen LogP contribution in [0, 0.1) is 11.3 Å². The van der Waals surface area contributed by atoms with Gasteiger partial charge in [-0.2, -0.15) is 5.26 Å². The van der Waals surface area contributed by atoms with Gasteiger partial charge in [0.25, 0.3) is 5.91 Å². The molecule has 5 nitrogen and oxygen atoms in total. The second-order valence-corrected chi connectivity index (χ2v) is 7.07. The molecule has 0 spiro atoms. The zero-order valence-electron chi connectivity index (χ0n) is 13.3. The number of carbonyl (C=O) groups is 1. The van der Waals surface area contributed by atoms with Crippen LogP contribution in [0.3, 0.4) is 0 Å². The molecule has 0 unspecified atom stereocenters. The van der Waals surface area contributed by atoms with E-state index < -0.39 is 11.5 Å². The summed E-state index contributed by atoms with van der Waals surface area (Å²) >= 11 is 1.43. The summed E-state index contributed by atoms with van der Waals surface area (Å²) in [6, 6.07) is 10.8. The fourth-order valence-electron chi connectivity index (χ4n) is 3.16. The molecule has 6 heteroatoms. The van der Waals surface area contributed by atoms with Gasteiger partial charge in [-0.1, -0.05) is 18.2 Å². The van der Waals surface area contributed by atoms with Crippen LogP contribution < -0.4 is 10.9 Å². The van der Waals surface area contributed by atoms with Gasteiger partial charge in [0.2, 0.25) is 0 Å². The van der Waals surface area contributed by atoms with Crippen molar-refractivity contribution in [2.45, 2.75) is 25.7 Å². The number of carbonyl (C=O) groups excluding carboxylic acids is 1. The summed E-state index contributed by atoms with van der Waals surface area (Å²) in [5.74, 6) is -0.547.